The van der Waals surface area contributed by atoms with Crippen LogP contribution in [0, 0.1) is 11.3 Å². The Bertz CT molecular complexity index is 175. The smallest absolute Gasteiger partial charge is 0.146 e. The van der Waals surface area contributed by atoms with E-state index in [0.717, 1.165) is 6.42 Å². The summed E-state index contributed by atoms with van der Waals surface area (Å²) in [6.45, 7) is 4.45. The van der Waals surface area contributed by atoms with Crippen LogP contribution in [0.4, 0.5) is 0 Å². The van der Waals surface area contributed by atoms with Crippen molar-refractivity contribution in [3.63, 3.8) is 0 Å². The molecule has 2 heteroatoms. The molecule has 1 atom stereocenters. The summed E-state index contributed by atoms with van der Waals surface area (Å²) < 4.78 is 0. The van der Waals surface area contributed by atoms with E-state index in [1.807, 2.05) is 6.26 Å². The molecule has 0 aliphatic heterocycles. The minimum Gasteiger partial charge on any atom is -0.298 e. The lowest BCUT2D eigenvalue weighted by Gasteiger charge is -2.25. The van der Waals surface area contributed by atoms with Crippen molar-refractivity contribution in [1.82, 2.24) is 0 Å². The van der Waals surface area contributed by atoms with Crippen molar-refractivity contribution >= 4 is 17.5 Å². The Hall–Kier alpha value is 0.0200. The molecule has 1 unspecified atom stereocenters. The number of Topliss-reactive ketones (excluding diaryl/α,β-unsaturated/α-hetero) is 1. The maximum atomic E-state index is 11.6. The van der Waals surface area contributed by atoms with Crippen LogP contribution in [0.5, 0.6) is 0 Å². The lowest BCUT2D eigenvalue weighted by molar-refractivity contribution is -0.122. The van der Waals surface area contributed by atoms with Crippen LogP contribution in [0.25, 0.3) is 0 Å². The second-order valence-electron chi connectivity index (χ2n) is 4.33. The van der Waals surface area contributed by atoms with Crippen LogP contribution in [0.2, 0.25) is 0 Å². The van der Waals surface area contributed by atoms with E-state index in [4.69, 9.17) is 0 Å². The first kappa shape index (κ1) is 10.1. The van der Waals surface area contributed by atoms with Gasteiger partial charge >= 0.3 is 0 Å². The van der Waals surface area contributed by atoms with Crippen molar-refractivity contribution in [1.29, 1.82) is 0 Å². The van der Waals surface area contributed by atoms with Crippen molar-refractivity contribution in [2.75, 3.05) is 12.0 Å². The van der Waals surface area contributed by atoms with Crippen LogP contribution >= 0.6 is 11.8 Å². The number of hydrogen-bond donors (Lipinski definition) is 0. The maximum absolute atomic E-state index is 11.6. The highest BCUT2D eigenvalue weighted by molar-refractivity contribution is 7.99. The largest absolute Gasteiger partial charge is 0.298 e. The van der Waals surface area contributed by atoms with Crippen molar-refractivity contribution in [3.8, 4) is 0 Å². The zero-order valence-electron chi connectivity index (χ0n) is 8.22. The molecule has 1 fully saturated rings. The maximum Gasteiger partial charge on any atom is 0.146 e. The van der Waals surface area contributed by atoms with Gasteiger partial charge in [-0.25, -0.2) is 0 Å². The number of hydrogen-bond acceptors (Lipinski definition) is 2. The summed E-state index contributed by atoms with van der Waals surface area (Å²) in [5.74, 6) is 1.50. The van der Waals surface area contributed by atoms with Gasteiger partial charge in [0.25, 0.3) is 0 Å². The van der Waals surface area contributed by atoms with Crippen LogP contribution in [0.1, 0.15) is 33.1 Å². The van der Waals surface area contributed by atoms with E-state index in [2.05, 4.69) is 13.8 Å². The first-order valence-electron chi connectivity index (χ1n) is 4.59. The fourth-order valence-corrected chi connectivity index (χ4v) is 2.65. The molecule has 1 aliphatic carbocycles. The number of carbonyl (C=O) groups excluding carboxylic acids is 1. The number of thioether (sulfide) groups is 1. The summed E-state index contributed by atoms with van der Waals surface area (Å²) in [5.41, 5.74) is 0.271. The molecule has 12 heavy (non-hydrogen) atoms. The average Bonchev–Trinajstić information content (AvgIpc) is 2.30. The topological polar surface area (TPSA) is 17.1 Å². The molecule has 0 saturated heterocycles. The monoisotopic (exact) mass is 186 g/mol. The van der Waals surface area contributed by atoms with Crippen LogP contribution < -0.4 is 0 Å². The minimum absolute atomic E-state index is 0.271. The van der Waals surface area contributed by atoms with E-state index in [9.17, 15) is 4.79 Å². The predicted molar refractivity (Wildman–Crippen MR) is 54.5 cm³/mol. The van der Waals surface area contributed by atoms with Gasteiger partial charge in [0.15, 0.2) is 0 Å². The SMILES string of the molecule is CSCC(=O)C1CCCC1(C)C. The highest BCUT2D eigenvalue weighted by atomic mass is 32.2. The van der Waals surface area contributed by atoms with E-state index < -0.39 is 0 Å². The van der Waals surface area contributed by atoms with Crippen molar-refractivity contribution in [2.45, 2.75) is 33.1 Å². The Labute approximate surface area is 79.3 Å². The second-order valence-corrected chi connectivity index (χ2v) is 5.20. The molecule has 1 saturated carbocycles. The Balaban J connectivity index is 2.56. The fourth-order valence-electron chi connectivity index (χ4n) is 2.17. The molecule has 0 N–H and O–H groups in total. The molecular formula is C10H18OS. The van der Waals surface area contributed by atoms with E-state index >= 15 is 0 Å². The Morgan fingerprint density at radius 3 is 2.67 bits per heavy atom. The molecule has 0 aromatic carbocycles. The zero-order valence-corrected chi connectivity index (χ0v) is 9.04. The molecule has 70 valence electrons. The normalized spacial score (nSPS) is 27.4. The van der Waals surface area contributed by atoms with Gasteiger partial charge in [-0.2, -0.15) is 11.8 Å². The van der Waals surface area contributed by atoms with E-state index in [1.165, 1.54) is 12.8 Å². The average molecular weight is 186 g/mol. The Morgan fingerprint density at radius 1 is 1.58 bits per heavy atom. The van der Waals surface area contributed by atoms with Gasteiger partial charge in [-0.1, -0.05) is 20.3 Å². The molecular weight excluding hydrogens is 168 g/mol. The second kappa shape index (κ2) is 3.82. The molecule has 1 aliphatic rings. The quantitative estimate of drug-likeness (QED) is 0.674. The van der Waals surface area contributed by atoms with E-state index in [0.29, 0.717) is 17.5 Å². The lowest BCUT2D eigenvalue weighted by Crippen LogP contribution is -2.26. The van der Waals surface area contributed by atoms with Gasteiger partial charge in [0.05, 0.1) is 5.75 Å². The summed E-state index contributed by atoms with van der Waals surface area (Å²) in [5, 5.41) is 0. The highest BCUT2D eigenvalue weighted by Crippen LogP contribution is 2.43. The van der Waals surface area contributed by atoms with Gasteiger partial charge in [0.1, 0.15) is 5.78 Å². The summed E-state index contributed by atoms with van der Waals surface area (Å²) in [4.78, 5) is 11.6. The summed E-state index contributed by atoms with van der Waals surface area (Å²) in [6.07, 6.45) is 5.57. The molecule has 1 rings (SSSR count). The molecule has 1 nitrogen and oxygen atoms in total. The van der Waals surface area contributed by atoms with Gasteiger partial charge in [0.2, 0.25) is 0 Å². The van der Waals surface area contributed by atoms with E-state index in [1.54, 1.807) is 11.8 Å². The van der Waals surface area contributed by atoms with Gasteiger partial charge < -0.3 is 0 Å². The van der Waals surface area contributed by atoms with Crippen molar-refractivity contribution < 1.29 is 4.79 Å². The minimum atomic E-state index is 0.271. The standard InChI is InChI=1S/C10H18OS/c1-10(2)6-4-5-8(10)9(11)7-12-3/h8H,4-7H2,1-3H3. The highest BCUT2D eigenvalue weighted by Gasteiger charge is 2.38. The molecule has 0 aromatic heterocycles. The molecule has 0 amide bonds. The van der Waals surface area contributed by atoms with Gasteiger partial charge in [0, 0.05) is 5.92 Å². The molecule has 0 spiro atoms. The van der Waals surface area contributed by atoms with Gasteiger partial charge in [-0.05, 0) is 24.5 Å². The fraction of sp³-hybridized carbons (Fsp3) is 0.900. The van der Waals surface area contributed by atoms with Gasteiger partial charge in [-0.3, -0.25) is 4.79 Å². The first-order chi connectivity index (χ1) is 5.58. The zero-order chi connectivity index (χ0) is 9.19. The first-order valence-corrected chi connectivity index (χ1v) is 5.99. The van der Waals surface area contributed by atoms with Crippen LogP contribution in [0.15, 0.2) is 0 Å². The van der Waals surface area contributed by atoms with Crippen LogP contribution in [-0.2, 0) is 4.79 Å². The summed E-state index contributed by atoms with van der Waals surface area (Å²) in [7, 11) is 0. The molecule has 0 aromatic rings. The molecule has 0 radical (unpaired) electrons. The lowest BCUT2D eigenvalue weighted by atomic mass is 9.80. The summed E-state index contributed by atoms with van der Waals surface area (Å²) in [6, 6.07) is 0. The third kappa shape index (κ3) is 2.03. The van der Waals surface area contributed by atoms with Gasteiger partial charge in [-0.15, -0.1) is 0 Å². The number of carbonyl (C=O) groups is 1. The summed E-state index contributed by atoms with van der Waals surface area (Å²) >= 11 is 1.65. The Morgan fingerprint density at radius 2 is 2.25 bits per heavy atom. The van der Waals surface area contributed by atoms with E-state index in [-0.39, 0.29) is 5.41 Å². The van der Waals surface area contributed by atoms with Crippen molar-refractivity contribution in [2.24, 2.45) is 11.3 Å². The van der Waals surface area contributed by atoms with Crippen LogP contribution in [-0.4, -0.2) is 17.8 Å². The Kier molecular flexibility index (Phi) is 3.22. The third-order valence-electron chi connectivity index (χ3n) is 2.93. The van der Waals surface area contributed by atoms with Crippen molar-refractivity contribution in [3.05, 3.63) is 0 Å². The predicted octanol–water partition coefficient (Wildman–Crippen LogP) is 2.74. The molecule has 0 heterocycles. The van der Waals surface area contributed by atoms with Crippen LogP contribution in [0.3, 0.4) is 0 Å². The number of ketones is 1. The number of rotatable bonds is 3. The third-order valence-corrected chi connectivity index (χ3v) is 3.51. The molecule has 0 bridgehead atoms.